The van der Waals surface area contributed by atoms with Crippen LogP contribution in [0.5, 0.6) is 0 Å². The topological polar surface area (TPSA) is 49.4 Å². The molecule has 1 heterocycles. The van der Waals surface area contributed by atoms with Gasteiger partial charge in [0.25, 0.3) is 0 Å². The van der Waals surface area contributed by atoms with Gasteiger partial charge in [0, 0.05) is 11.5 Å². The highest BCUT2D eigenvalue weighted by molar-refractivity contribution is 5.98. The van der Waals surface area contributed by atoms with Crippen molar-refractivity contribution in [2.75, 3.05) is 19.6 Å². The number of fused-ring (bicyclic) bond motifs is 1. The van der Waals surface area contributed by atoms with Gasteiger partial charge in [-0.1, -0.05) is 66.2 Å². The number of Topliss-reactive ketones (excluding diaryl/α,β-unsaturated/α-hetero) is 1. The Morgan fingerprint density at radius 3 is 2.35 bits per heavy atom. The summed E-state index contributed by atoms with van der Waals surface area (Å²) in [5.41, 5.74) is 3.07. The van der Waals surface area contributed by atoms with Gasteiger partial charge in [-0.05, 0) is 62.2 Å². The van der Waals surface area contributed by atoms with Crippen molar-refractivity contribution in [3.05, 3.63) is 83.4 Å². The molecular formula is C27H30N2O2. The zero-order valence-electron chi connectivity index (χ0n) is 18.3. The number of carbonyl (C=O) groups excluding carboxylic acids is 2. The lowest BCUT2D eigenvalue weighted by Crippen LogP contribution is -2.43. The maximum atomic E-state index is 12.7. The monoisotopic (exact) mass is 414 g/mol. The lowest BCUT2D eigenvalue weighted by Gasteiger charge is -2.31. The standard InChI is InChI=1S/C27H30N2O2/c1-19-7-9-22(10-8-19)27(31)23-13-15-29(16-14-23)18-26(30)28-20(2)24-12-11-21-5-3-4-6-25(21)17-24/h3-12,17,20,23H,13-16,18H2,1-2H3,(H,28,30). The number of benzene rings is 3. The van der Waals surface area contributed by atoms with E-state index in [1.54, 1.807) is 0 Å². The predicted molar refractivity (Wildman–Crippen MR) is 125 cm³/mol. The van der Waals surface area contributed by atoms with Gasteiger partial charge >= 0.3 is 0 Å². The van der Waals surface area contributed by atoms with Gasteiger partial charge in [0.1, 0.15) is 0 Å². The molecular weight excluding hydrogens is 384 g/mol. The molecule has 0 spiro atoms. The molecule has 0 aromatic heterocycles. The van der Waals surface area contributed by atoms with Crippen molar-refractivity contribution < 1.29 is 9.59 Å². The first-order valence-electron chi connectivity index (χ1n) is 11.1. The molecule has 1 saturated heterocycles. The highest BCUT2D eigenvalue weighted by Crippen LogP contribution is 2.23. The van der Waals surface area contributed by atoms with Crippen molar-refractivity contribution in [1.82, 2.24) is 10.2 Å². The molecule has 0 aliphatic carbocycles. The largest absolute Gasteiger partial charge is 0.348 e. The summed E-state index contributed by atoms with van der Waals surface area (Å²) < 4.78 is 0. The van der Waals surface area contributed by atoms with E-state index in [2.05, 4.69) is 40.5 Å². The number of carbonyl (C=O) groups is 2. The molecule has 4 nitrogen and oxygen atoms in total. The van der Waals surface area contributed by atoms with Crippen LogP contribution in [0.1, 0.15) is 47.3 Å². The molecule has 1 aliphatic rings. The Morgan fingerprint density at radius 1 is 0.968 bits per heavy atom. The summed E-state index contributed by atoms with van der Waals surface area (Å²) in [6.07, 6.45) is 1.61. The van der Waals surface area contributed by atoms with Crippen LogP contribution >= 0.6 is 0 Å². The van der Waals surface area contributed by atoms with E-state index in [1.165, 1.54) is 10.8 Å². The minimum absolute atomic E-state index is 0.0315. The summed E-state index contributed by atoms with van der Waals surface area (Å²) in [6.45, 7) is 5.98. The Labute approximate surface area is 184 Å². The second-order valence-corrected chi connectivity index (χ2v) is 8.68. The van der Waals surface area contributed by atoms with Gasteiger partial charge in [-0.3, -0.25) is 14.5 Å². The van der Waals surface area contributed by atoms with E-state index < -0.39 is 0 Å². The quantitative estimate of drug-likeness (QED) is 0.583. The molecule has 4 rings (SSSR count). The lowest BCUT2D eigenvalue weighted by atomic mass is 9.88. The van der Waals surface area contributed by atoms with Gasteiger partial charge in [-0.15, -0.1) is 0 Å². The minimum Gasteiger partial charge on any atom is -0.348 e. The summed E-state index contributed by atoms with van der Waals surface area (Å²) in [5, 5.41) is 5.51. The Kier molecular flexibility index (Phi) is 6.47. The average Bonchev–Trinajstić information content (AvgIpc) is 2.79. The Bertz CT molecular complexity index is 1070. The van der Waals surface area contributed by atoms with E-state index >= 15 is 0 Å². The summed E-state index contributed by atoms with van der Waals surface area (Å²) in [7, 11) is 0. The van der Waals surface area contributed by atoms with Crippen LogP contribution in [0.3, 0.4) is 0 Å². The number of nitrogens with zero attached hydrogens (tertiary/aromatic N) is 1. The van der Waals surface area contributed by atoms with E-state index in [9.17, 15) is 9.59 Å². The zero-order chi connectivity index (χ0) is 21.8. The first-order chi connectivity index (χ1) is 15.0. The molecule has 31 heavy (non-hydrogen) atoms. The molecule has 3 aromatic carbocycles. The van der Waals surface area contributed by atoms with Gasteiger partial charge in [0.2, 0.25) is 5.91 Å². The van der Waals surface area contributed by atoms with Crippen LogP contribution in [0.2, 0.25) is 0 Å². The van der Waals surface area contributed by atoms with Crippen LogP contribution in [0, 0.1) is 12.8 Å². The maximum Gasteiger partial charge on any atom is 0.234 e. The first kappa shape index (κ1) is 21.3. The van der Waals surface area contributed by atoms with Crippen LogP contribution in [-0.2, 0) is 4.79 Å². The minimum atomic E-state index is -0.0437. The number of ketones is 1. The number of likely N-dealkylation sites (tertiary alicyclic amines) is 1. The van der Waals surface area contributed by atoms with E-state index in [0.29, 0.717) is 6.54 Å². The zero-order valence-corrected chi connectivity index (χ0v) is 18.3. The lowest BCUT2D eigenvalue weighted by molar-refractivity contribution is -0.123. The number of aryl methyl sites for hydroxylation is 1. The van der Waals surface area contributed by atoms with Crippen molar-refractivity contribution in [2.24, 2.45) is 5.92 Å². The number of amides is 1. The average molecular weight is 415 g/mol. The number of hydrogen-bond acceptors (Lipinski definition) is 3. The third kappa shape index (κ3) is 5.20. The maximum absolute atomic E-state index is 12.7. The Hall–Kier alpha value is -2.98. The summed E-state index contributed by atoms with van der Waals surface area (Å²) in [6, 6.07) is 22.3. The van der Waals surface area contributed by atoms with Crippen LogP contribution in [0.25, 0.3) is 10.8 Å². The van der Waals surface area contributed by atoms with Gasteiger partial charge in [0.05, 0.1) is 12.6 Å². The molecule has 0 saturated carbocycles. The van der Waals surface area contributed by atoms with E-state index in [0.717, 1.165) is 42.6 Å². The first-order valence-corrected chi connectivity index (χ1v) is 11.1. The summed E-state index contributed by atoms with van der Waals surface area (Å²) in [5.74, 6) is 0.316. The number of piperidine rings is 1. The van der Waals surface area contributed by atoms with E-state index in [1.807, 2.05) is 50.2 Å². The highest BCUT2D eigenvalue weighted by Gasteiger charge is 2.26. The van der Waals surface area contributed by atoms with Crippen LogP contribution < -0.4 is 5.32 Å². The Balaban J connectivity index is 1.27. The number of hydrogen-bond donors (Lipinski definition) is 1. The molecule has 1 atom stereocenters. The molecule has 1 fully saturated rings. The highest BCUT2D eigenvalue weighted by atomic mass is 16.2. The normalized spacial score (nSPS) is 16.2. The molecule has 1 N–H and O–H groups in total. The van der Waals surface area contributed by atoms with Crippen molar-refractivity contribution in [2.45, 2.75) is 32.7 Å². The van der Waals surface area contributed by atoms with E-state index in [4.69, 9.17) is 0 Å². The van der Waals surface area contributed by atoms with Gasteiger partial charge < -0.3 is 5.32 Å². The van der Waals surface area contributed by atoms with Crippen LogP contribution in [0.15, 0.2) is 66.7 Å². The predicted octanol–water partition coefficient (Wildman–Crippen LogP) is 4.92. The fourth-order valence-electron chi connectivity index (χ4n) is 4.36. The summed E-state index contributed by atoms with van der Waals surface area (Å²) >= 11 is 0. The third-order valence-electron chi connectivity index (χ3n) is 6.31. The van der Waals surface area contributed by atoms with Crippen LogP contribution in [0.4, 0.5) is 0 Å². The van der Waals surface area contributed by atoms with Crippen molar-refractivity contribution in [1.29, 1.82) is 0 Å². The molecule has 160 valence electrons. The fraction of sp³-hybridized carbons (Fsp3) is 0.333. The molecule has 4 heteroatoms. The molecule has 3 aromatic rings. The number of rotatable bonds is 6. The van der Waals surface area contributed by atoms with Gasteiger partial charge in [-0.2, -0.15) is 0 Å². The molecule has 0 radical (unpaired) electrons. The van der Waals surface area contributed by atoms with Gasteiger partial charge in [0.15, 0.2) is 5.78 Å². The van der Waals surface area contributed by atoms with Gasteiger partial charge in [-0.25, -0.2) is 0 Å². The molecule has 1 amide bonds. The fourth-order valence-corrected chi connectivity index (χ4v) is 4.36. The second kappa shape index (κ2) is 9.44. The molecule has 0 bridgehead atoms. The van der Waals surface area contributed by atoms with Crippen molar-refractivity contribution in [3.63, 3.8) is 0 Å². The third-order valence-corrected chi connectivity index (χ3v) is 6.31. The smallest absolute Gasteiger partial charge is 0.234 e. The van der Waals surface area contributed by atoms with Crippen LogP contribution in [-0.4, -0.2) is 36.2 Å². The summed E-state index contributed by atoms with van der Waals surface area (Å²) in [4.78, 5) is 27.5. The number of nitrogens with one attached hydrogen (secondary N) is 1. The van der Waals surface area contributed by atoms with Crippen molar-refractivity contribution >= 4 is 22.5 Å². The SMILES string of the molecule is Cc1ccc(C(=O)C2CCN(CC(=O)NC(C)c3ccc4ccccc4c3)CC2)cc1. The molecule has 1 aliphatic heterocycles. The van der Waals surface area contributed by atoms with E-state index in [-0.39, 0.29) is 23.7 Å². The van der Waals surface area contributed by atoms with Crippen molar-refractivity contribution in [3.8, 4) is 0 Å². The molecule has 1 unspecified atom stereocenters. The second-order valence-electron chi connectivity index (χ2n) is 8.68. The Morgan fingerprint density at radius 2 is 1.65 bits per heavy atom.